The second-order valence-electron chi connectivity index (χ2n) is 2.93. The minimum Gasteiger partial charge on any atom is -0.398 e. The van der Waals surface area contributed by atoms with Crippen molar-refractivity contribution >= 4 is 27.5 Å². The molecule has 1 aromatic rings. The number of carbonyl (C=O) groups excluding carboxylic acids is 1. The monoisotopic (exact) mass is 272 g/mol. The van der Waals surface area contributed by atoms with E-state index >= 15 is 0 Å². The van der Waals surface area contributed by atoms with Gasteiger partial charge in [0.2, 0.25) is 0 Å². The van der Waals surface area contributed by atoms with E-state index in [0.29, 0.717) is 11.0 Å². The van der Waals surface area contributed by atoms with Crippen LogP contribution < -0.4 is 11.1 Å². The highest BCUT2D eigenvalue weighted by atomic mass is 79.9. The van der Waals surface area contributed by atoms with Gasteiger partial charge in [-0.05, 0) is 18.2 Å². The van der Waals surface area contributed by atoms with Gasteiger partial charge in [-0.2, -0.15) is 0 Å². The molecule has 0 saturated carbocycles. The summed E-state index contributed by atoms with van der Waals surface area (Å²) in [7, 11) is 0. The molecule has 1 aromatic carbocycles. The molecule has 0 aliphatic heterocycles. The quantitative estimate of drug-likeness (QED) is 0.828. The van der Waals surface area contributed by atoms with Crippen molar-refractivity contribution in [2.24, 2.45) is 0 Å². The summed E-state index contributed by atoms with van der Waals surface area (Å²) in [5.74, 6) is -0.818. The number of carbonyl (C=O) groups is 1. The molecule has 3 N–H and O–H groups in total. The van der Waals surface area contributed by atoms with Crippen LogP contribution in [0.5, 0.6) is 0 Å². The number of rotatable bonds is 3. The van der Waals surface area contributed by atoms with Gasteiger partial charge in [0.05, 0.1) is 5.56 Å². The van der Waals surface area contributed by atoms with Gasteiger partial charge < -0.3 is 11.1 Å². The largest absolute Gasteiger partial charge is 0.398 e. The second-order valence-corrected chi connectivity index (χ2v) is 4.05. The second kappa shape index (κ2) is 4.93. The molecule has 0 aliphatic rings. The predicted molar refractivity (Wildman–Crippen MR) is 61.2 cm³/mol. The molecule has 15 heavy (non-hydrogen) atoms. The highest BCUT2D eigenvalue weighted by molar-refractivity contribution is 9.11. The van der Waals surface area contributed by atoms with Gasteiger partial charge in [0, 0.05) is 16.7 Å². The van der Waals surface area contributed by atoms with Crippen molar-refractivity contribution in [2.45, 2.75) is 0 Å². The van der Waals surface area contributed by atoms with E-state index in [4.69, 9.17) is 5.73 Å². The Hall–Kier alpha value is -1.36. The number of nitrogen functional groups attached to an aromatic ring is 1. The van der Waals surface area contributed by atoms with Gasteiger partial charge in [-0.3, -0.25) is 4.79 Å². The lowest BCUT2D eigenvalue weighted by molar-refractivity contribution is 0.0958. The summed E-state index contributed by atoms with van der Waals surface area (Å²) < 4.78 is 13.3. The van der Waals surface area contributed by atoms with Gasteiger partial charge in [-0.15, -0.1) is 0 Å². The molecule has 3 nitrogen and oxygen atoms in total. The van der Waals surface area contributed by atoms with Crippen molar-refractivity contribution in [1.82, 2.24) is 5.32 Å². The molecule has 1 rings (SSSR count). The summed E-state index contributed by atoms with van der Waals surface area (Å²) in [6, 6.07) is 3.64. The summed E-state index contributed by atoms with van der Waals surface area (Å²) >= 11 is 3.11. The maximum absolute atomic E-state index is 12.7. The average molecular weight is 273 g/mol. The fourth-order valence-corrected chi connectivity index (χ4v) is 1.15. The molecule has 0 aliphatic carbocycles. The zero-order chi connectivity index (χ0) is 11.4. The van der Waals surface area contributed by atoms with Crippen LogP contribution in [0.2, 0.25) is 0 Å². The van der Waals surface area contributed by atoms with Crippen molar-refractivity contribution in [3.8, 4) is 0 Å². The fourth-order valence-electron chi connectivity index (χ4n) is 1.01. The van der Waals surface area contributed by atoms with Crippen LogP contribution in [0.15, 0.2) is 29.3 Å². The Morgan fingerprint density at radius 2 is 2.27 bits per heavy atom. The van der Waals surface area contributed by atoms with Crippen molar-refractivity contribution in [1.29, 1.82) is 0 Å². The lowest BCUT2D eigenvalue weighted by atomic mass is 10.1. The van der Waals surface area contributed by atoms with Crippen LogP contribution in [-0.4, -0.2) is 12.5 Å². The highest BCUT2D eigenvalue weighted by Crippen LogP contribution is 2.13. The van der Waals surface area contributed by atoms with E-state index in [-0.39, 0.29) is 17.2 Å². The topological polar surface area (TPSA) is 55.1 Å². The van der Waals surface area contributed by atoms with E-state index in [1.54, 1.807) is 0 Å². The summed E-state index contributed by atoms with van der Waals surface area (Å²) in [6.07, 6.45) is 0. The number of benzene rings is 1. The molecule has 1 amide bonds. The number of anilines is 1. The number of hydrogen-bond acceptors (Lipinski definition) is 2. The molecule has 0 aromatic heterocycles. The lowest BCUT2D eigenvalue weighted by Gasteiger charge is -2.06. The predicted octanol–water partition coefficient (Wildman–Crippen LogP) is 2.05. The van der Waals surface area contributed by atoms with Crippen LogP contribution in [0.4, 0.5) is 10.1 Å². The molecule has 0 fully saturated rings. The third kappa shape index (κ3) is 3.36. The lowest BCUT2D eigenvalue weighted by Crippen LogP contribution is -2.25. The zero-order valence-corrected chi connectivity index (χ0v) is 9.47. The van der Waals surface area contributed by atoms with Crippen LogP contribution in [-0.2, 0) is 0 Å². The summed E-state index contributed by atoms with van der Waals surface area (Å²) in [5.41, 5.74) is 5.87. The minimum absolute atomic E-state index is 0.118. The van der Waals surface area contributed by atoms with E-state index < -0.39 is 5.82 Å². The van der Waals surface area contributed by atoms with Crippen molar-refractivity contribution < 1.29 is 9.18 Å². The number of nitrogens with one attached hydrogen (secondary N) is 1. The molecule has 0 bridgehead atoms. The summed E-state index contributed by atoms with van der Waals surface area (Å²) in [5, 5.41) is 2.57. The Balaban J connectivity index is 2.78. The molecular formula is C10H10BrFN2O. The molecular weight excluding hydrogens is 263 g/mol. The molecule has 0 saturated heterocycles. The van der Waals surface area contributed by atoms with E-state index in [1.165, 1.54) is 12.1 Å². The van der Waals surface area contributed by atoms with Gasteiger partial charge in [0.25, 0.3) is 5.91 Å². The first kappa shape index (κ1) is 11.7. The zero-order valence-electron chi connectivity index (χ0n) is 7.89. The number of nitrogens with two attached hydrogens (primary N) is 1. The van der Waals surface area contributed by atoms with Gasteiger partial charge in [-0.1, -0.05) is 22.5 Å². The fraction of sp³-hybridized carbons (Fsp3) is 0.100. The van der Waals surface area contributed by atoms with Gasteiger partial charge in [0.15, 0.2) is 0 Å². The van der Waals surface area contributed by atoms with E-state index in [2.05, 4.69) is 27.8 Å². The van der Waals surface area contributed by atoms with Crippen molar-refractivity contribution in [3.05, 3.63) is 40.6 Å². The van der Waals surface area contributed by atoms with Crippen LogP contribution in [0.1, 0.15) is 10.4 Å². The Morgan fingerprint density at radius 3 is 2.80 bits per heavy atom. The van der Waals surface area contributed by atoms with Crippen molar-refractivity contribution in [3.63, 3.8) is 0 Å². The van der Waals surface area contributed by atoms with Crippen LogP contribution >= 0.6 is 15.9 Å². The third-order valence-corrected chi connectivity index (χ3v) is 1.98. The highest BCUT2D eigenvalue weighted by Gasteiger charge is 2.09. The smallest absolute Gasteiger partial charge is 0.253 e. The Morgan fingerprint density at radius 1 is 1.60 bits per heavy atom. The van der Waals surface area contributed by atoms with E-state index in [0.717, 1.165) is 6.07 Å². The molecule has 80 valence electrons. The normalized spacial score (nSPS) is 9.73. The van der Waals surface area contributed by atoms with Crippen LogP contribution in [0.25, 0.3) is 0 Å². The third-order valence-electron chi connectivity index (χ3n) is 1.70. The number of hydrogen-bond donors (Lipinski definition) is 2. The first-order valence-electron chi connectivity index (χ1n) is 4.17. The standard InChI is InChI=1S/C10H10BrFN2O/c1-6(11)5-14-10(15)8-3-2-7(12)4-9(8)13/h2-4H,1,5,13H2,(H,14,15). The van der Waals surface area contributed by atoms with Gasteiger partial charge >= 0.3 is 0 Å². The number of halogens is 2. The molecule has 0 unspecified atom stereocenters. The summed E-state index contributed by atoms with van der Waals surface area (Å²) in [6.45, 7) is 3.87. The van der Waals surface area contributed by atoms with Gasteiger partial charge in [-0.25, -0.2) is 4.39 Å². The van der Waals surface area contributed by atoms with Crippen LogP contribution in [0.3, 0.4) is 0 Å². The Labute approximate surface area is 95.3 Å². The summed E-state index contributed by atoms with van der Waals surface area (Å²) in [4.78, 5) is 11.5. The molecule has 0 spiro atoms. The molecule has 0 heterocycles. The maximum Gasteiger partial charge on any atom is 0.253 e. The van der Waals surface area contributed by atoms with E-state index in [9.17, 15) is 9.18 Å². The first-order valence-corrected chi connectivity index (χ1v) is 4.96. The van der Waals surface area contributed by atoms with Crippen molar-refractivity contribution in [2.75, 3.05) is 12.3 Å². The SMILES string of the molecule is C=C(Br)CNC(=O)c1ccc(F)cc1N. The minimum atomic E-state index is -0.464. The maximum atomic E-state index is 12.7. The molecule has 0 radical (unpaired) electrons. The molecule has 5 heteroatoms. The van der Waals surface area contributed by atoms with Crippen LogP contribution in [0, 0.1) is 5.82 Å². The first-order chi connectivity index (χ1) is 7.00. The number of amides is 1. The average Bonchev–Trinajstić information content (AvgIpc) is 2.14. The Kier molecular flexibility index (Phi) is 3.85. The van der Waals surface area contributed by atoms with Gasteiger partial charge in [0.1, 0.15) is 5.82 Å². The van der Waals surface area contributed by atoms with E-state index in [1.807, 2.05) is 0 Å². The molecule has 0 atom stereocenters. The Bertz CT molecular complexity index is 406.